The van der Waals surface area contributed by atoms with Crippen LogP contribution in [0.5, 0.6) is 5.75 Å². The summed E-state index contributed by atoms with van der Waals surface area (Å²) in [5.41, 5.74) is 2.36. The van der Waals surface area contributed by atoms with Gasteiger partial charge in [0.1, 0.15) is 12.4 Å². The third kappa shape index (κ3) is 7.35. The summed E-state index contributed by atoms with van der Waals surface area (Å²) in [5, 5.41) is 6.81. The minimum absolute atomic E-state index is 0.179. The molecule has 2 aromatic carbocycles. The standard InChI is InChI=1S/C24H34N4O2/c1-3-25-24(27-20(2)22-9-5-4-6-10-22)26-19-21-8-7-11-23(18-21)30-17-14-28-12-15-29-16-13-28/h4-11,18,20H,3,12-17,19H2,1-2H3,(H2,25,26,27). The van der Waals surface area contributed by atoms with E-state index in [9.17, 15) is 0 Å². The summed E-state index contributed by atoms with van der Waals surface area (Å²) < 4.78 is 11.4. The van der Waals surface area contributed by atoms with Gasteiger partial charge in [0.25, 0.3) is 0 Å². The fourth-order valence-corrected chi connectivity index (χ4v) is 3.37. The summed E-state index contributed by atoms with van der Waals surface area (Å²) in [6.45, 7) is 10.9. The van der Waals surface area contributed by atoms with Gasteiger partial charge in [0.15, 0.2) is 5.96 Å². The van der Waals surface area contributed by atoms with Crippen molar-refractivity contribution in [2.24, 2.45) is 4.99 Å². The second-order valence-corrected chi connectivity index (χ2v) is 7.42. The molecule has 0 spiro atoms. The summed E-state index contributed by atoms with van der Waals surface area (Å²) in [7, 11) is 0. The number of morpholine rings is 1. The van der Waals surface area contributed by atoms with E-state index in [1.54, 1.807) is 0 Å². The molecule has 0 bridgehead atoms. The molecular weight excluding hydrogens is 376 g/mol. The van der Waals surface area contributed by atoms with E-state index in [0.717, 1.165) is 56.7 Å². The van der Waals surface area contributed by atoms with Crippen LogP contribution in [-0.4, -0.2) is 56.9 Å². The van der Waals surface area contributed by atoms with Gasteiger partial charge in [-0.05, 0) is 37.1 Å². The Balaban J connectivity index is 1.52. The molecule has 0 amide bonds. The third-order valence-corrected chi connectivity index (χ3v) is 5.10. The number of rotatable bonds is 9. The molecule has 3 rings (SSSR count). The third-order valence-electron chi connectivity index (χ3n) is 5.10. The molecule has 2 aromatic rings. The summed E-state index contributed by atoms with van der Waals surface area (Å²) in [4.78, 5) is 7.14. The SMILES string of the molecule is CCNC(=NCc1cccc(OCCN2CCOCC2)c1)NC(C)c1ccccc1. The monoisotopic (exact) mass is 410 g/mol. The van der Waals surface area contributed by atoms with E-state index >= 15 is 0 Å². The van der Waals surface area contributed by atoms with E-state index in [0.29, 0.717) is 13.2 Å². The van der Waals surface area contributed by atoms with Gasteiger partial charge in [-0.25, -0.2) is 4.99 Å². The summed E-state index contributed by atoms with van der Waals surface area (Å²) in [5.74, 6) is 1.71. The fourth-order valence-electron chi connectivity index (χ4n) is 3.37. The molecule has 2 N–H and O–H groups in total. The van der Waals surface area contributed by atoms with E-state index in [1.165, 1.54) is 5.56 Å². The van der Waals surface area contributed by atoms with Crippen LogP contribution in [0.25, 0.3) is 0 Å². The van der Waals surface area contributed by atoms with E-state index in [2.05, 4.69) is 65.8 Å². The molecule has 6 heteroatoms. The lowest BCUT2D eigenvalue weighted by Crippen LogP contribution is -2.38. The molecule has 0 radical (unpaired) electrons. The normalized spacial score (nSPS) is 16.1. The number of guanidine groups is 1. The maximum atomic E-state index is 5.96. The van der Waals surface area contributed by atoms with Crippen molar-refractivity contribution >= 4 is 5.96 Å². The van der Waals surface area contributed by atoms with Crippen LogP contribution in [0.4, 0.5) is 0 Å². The molecule has 6 nitrogen and oxygen atoms in total. The number of hydrogen-bond acceptors (Lipinski definition) is 4. The Kier molecular flexibility index (Phi) is 9.00. The van der Waals surface area contributed by atoms with Crippen LogP contribution in [0.15, 0.2) is 59.6 Å². The van der Waals surface area contributed by atoms with Crippen molar-refractivity contribution in [2.45, 2.75) is 26.4 Å². The largest absolute Gasteiger partial charge is 0.492 e. The molecular formula is C24H34N4O2. The van der Waals surface area contributed by atoms with Gasteiger partial charge >= 0.3 is 0 Å². The predicted molar refractivity (Wildman–Crippen MR) is 122 cm³/mol. The second-order valence-electron chi connectivity index (χ2n) is 7.42. The molecule has 162 valence electrons. The van der Waals surface area contributed by atoms with Crippen LogP contribution in [0.1, 0.15) is 31.0 Å². The number of nitrogens with one attached hydrogen (secondary N) is 2. The lowest BCUT2D eigenvalue weighted by atomic mass is 10.1. The average molecular weight is 411 g/mol. The maximum Gasteiger partial charge on any atom is 0.192 e. The first-order valence-electron chi connectivity index (χ1n) is 10.9. The zero-order valence-corrected chi connectivity index (χ0v) is 18.1. The Labute approximate surface area is 180 Å². The Morgan fingerprint density at radius 2 is 1.93 bits per heavy atom. The molecule has 1 aliphatic rings. The molecule has 1 aliphatic heterocycles. The first-order valence-corrected chi connectivity index (χ1v) is 10.9. The van der Waals surface area contributed by atoms with Crippen molar-refractivity contribution in [1.82, 2.24) is 15.5 Å². The molecule has 0 aliphatic carbocycles. The van der Waals surface area contributed by atoms with Crippen molar-refractivity contribution < 1.29 is 9.47 Å². The maximum absolute atomic E-state index is 5.96. The van der Waals surface area contributed by atoms with Crippen molar-refractivity contribution in [1.29, 1.82) is 0 Å². The molecule has 0 aromatic heterocycles. The number of ether oxygens (including phenoxy) is 2. The van der Waals surface area contributed by atoms with Gasteiger partial charge in [-0.2, -0.15) is 0 Å². The van der Waals surface area contributed by atoms with Gasteiger partial charge in [0, 0.05) is 26.2 Å². The average Bonchev–Trinajstić information content (AvgIpc) is 2.79. The first-order chi connectivity index (χ1) is 14.7. The van der Waals surface area contributed by atoms with Gasteiger partial charge < -0.3 is 20.1 Å². The van der Waals surface area contributed by atoms with Gasteiger partial charge in [-0.15, -0.1) is 0 Å². The topological polar surface area (TPSA) is 58.1 Å². The first kappa shape index (κ1) is 22.1. The van der Waals surface area contributed by atoms with E-state index in [1.807, 2.05) is 18.2 Å². The molecule has 30 heavy (non-hydrogen) atoms. The minimum Gasteiger partial charge on any atom is -0.492 e. The van der Waals surface area contributed by atoms with Crippen molar-refractivity contribution in [3.05, 3.63) is 65.7 Å². The predicted octanol–water partition coefficient (Wildman–Crippen LogP) is 3.21. The van der Waals surface area contributed by atoms with Crippen LogP contribution < -0.4 is 15.4 Å². The summed E-state index contributed by atoms with van der Waals surface area (Å²) in [6.07, 6.45) is 0. The highest BCUT2D eigenvalue weighted by Crippen LogP contribution is 2.15. The van der Waals surface area contributed by atoms with Crippen molar-refractivity contribution in [2.75, 3.05) is 46.0 Å². The molecule has 1 atom stereocenters. The van der Waals surface area contributed by atoms with Crippen LogP contribution in [0.2, 0.25) is 0 Å². The number of benzene rings is 2. The highest BCUT2D eigenvalue weighted by Gasteiger charge is 2.10. The molecule has 1 heterocycles. The van der Waals surface area contributed by atoms with Crippen LogP contribution in [0.3, 0.4) is 0 Å². The van der Waals surface area contributed by atoms with E-state index in [-0.39, 0.29) is 6.04 Å². The highest BCUT2D eigenvalue weighted by atomic mass is 16.5. The molecule has 1 unspecified atom stereocenters. The van der Waals surface area contributed by atoms with Gasteiger partial charge in [-0.1, -0.05) is 42.5 Å². The minimum atomic E-state index is 0.179. The Bertz CT molecular complexity index is 776. The zero-order chi connectivity index (χ0) is 21.0. The van der Waals surface area contributed by atoms with Gasteiger partial charge in [-0.3, -0.25) is 4.90 Å². The van der Waals surface area contributed by atoms with E-state index in [4.69, 9.17) is 14.5 Å². The van der Waals surface area contributed by atoms with E-state index < -0.39 is 0 Å². The molecule has 1 fully saturated rings. The van der Waals surface area contributed by atoms with Crippen LogP contribution in [0, 0.1) is 0 Å². The zero-order valence-electron chi connectivity index (χ0n) is 18.1. The van der Waals surface area contributed by atoms with Gasteiger partial charge in [0.2, 0.25) is 0 Å². The second kappa shape index (κ2) is 12.2. The highest BCUT2D eigenvalue weighted by molar-refractivity contribution is 5.80. The van der Waals surface area contributed by atoms with Crippen molar-refractivity contribution in [3.8, 4) is 5.75 Å². The fraction of sp³-hybridized carbons (Fsp3) is 0.458. The molecule has 1 saturated heterocycles. The smallest absolute Gasteiger partial charge is 0.192 e. The van der Waals surface area contributed by atoms with Crippen molar-refractivity contribution in [3.63, 3.8) is 0 Å². The van der Waals surface area contributed by atoms with Crippen LogP contribution in [-0.2, 0) is 11.3 Å². The number of nitrogens with zero attached hydrogens (tertiary/aromatic N) is 2. The Morgan fingerprint density at radius 3 is 2.70 bits per heavy atom. The van der Waals surface area contributed by atoms with Gasteiger partial charge in [0.05, 0.1) is 25.8 Å². The number of aliphatic imine (C=N–C) groups is 1. The summed E-state index contributed by atoms with van der Waals surface area (Å²) >= 11 is 0. The quantitative estimate of drug-likeness (QED) is 0.491. The Hall–Kier alpha value is -2.57. The number of hydrogen-bond donors (Lipinski definition) is 2. The molecule has 0 saturated carbocycles. The lowest BCUT2D eigenvalue weighted by Gasteiger charge is -2.26. The lowest BCUT2D eigenvalue weighted by molar-refractivity contribution is 0.0322. The Morgan fingerprint density at radius 1 is 1.13 bits per heavy atom. The van der Waals surface area contributed by atoms with Crippen LogP contribution >= 0.6 is 0 Å². The summed E-state index contributed by atoms with van der Waals surface area (Å²) in [6, 6.07) is 18.8.